The minimum Gasteiger partial charge on any atom is -0.0776 e. The van der Waals surface area contributed by atoms with Crippen molar-refractivity contribution in [2.24, 2.45) is 0 Å². The van der Waals surface area contributed by atoms with Crippen LogP contribution in [0.5, 0.6) is 0 Å². The van der Waals surface area contributed by atoms with Crippen molar-refractivity contribution in [3.05, 3.63) is 35.9 Å². The van der Waals surface area contributed by atoms with Gasteiger partial charge in [0.2, 0.25) is 0 Å². The molecule has 0 N–H and O–H groups in total. The lowest BCUT2D eigenvalue weighted by Crippen LogP contribution is -1.62. The molecule has 0 fully saturated rings. The summed E-state index contributed by atoms with van der Waals surface area (Å²) in [5.41, 5.74) is 1.32. The van der Waals surface area contributed by atoms with Crippen molar-refractivity contribution in [2.45, 2.75) is 41.0 Å². The zero-order valence-corrected chi connectivity index (χ0v) is 7.80. The molecule has 0 saturated carbocycles. The Morgan fingerprint density at radius 1 is 0.917 bits per heavy atom. The van der Waals surface area contributed by atoms with Gasteiger partial charge < -0.3 is 0 Å². The Hall–Kier alpha value is -0.780. The van der Waals surface area contributed by atoms with Gasteiger partial charge in [0.25, 0.3) is 0 Å². The number of hydrogen-bond acceptors (Lipinski definition) is 0. The first-order valence-electron chi connectivity index (χ1n) is 4.32. The summed E-state index contributed by atoms with van der Waals surface area (Å²) in [6, 6.07) is 10.3. The predicted molar refractivity (Wildman–Crippen MR) is 58.5 cm³/mol. The van der Waals surface area contributed by atoms with Gasteiger partial charge in [-0.2, -0.15) is 0 Å². The summed E-state index contributed by atoms with van der Waals surface area (Å²) in [6.07, 6.45) is 2.64. The third kappa shape index (κ3) is 9.22. The highest BCUT2D eigenvalue weighted by atomic mass is 13.8. The SMILES string of the molecule is C.CCCC.Cc1ccccc1. The number of aryl methyl sites for hydroxylation is 1. The van der Waals surface area contributed by atoms with Gasteiger partial charge in [0, 0.05) is 0 Å². The van der Waals surface area contributed by atoms with E-state index in [0.29, 0.717) is 0 Å². The van der Waals surface area contributed by atoms with Gasteiger partial charge in [0.05, 0.1) is 0 Å². The Kier molecular flexibility index (Phi) is 11.7. The monoisotopic (exact) mass is 166 g/mol. The largest absolute Gasteiger partial charge is 0.0776 e. The van der Waals surface area contributed by atoms with Gasteiger partial charge in [-0.05, 0) is 6.92 Å². The molecule has 0 aliphatic heterocycles. The topological polar surface area (TPSA) is 0 Å². The van der Waals surface area contributed by atoms with Crippen LogP contribution in [0.15, 0.2) is 30.3 Å². The average Bonchev–Trinajstić information content (AvgIpc) is 2.07. The third-order valence-electron chi connectivity index (χ3n) is 1.44. The van der Waals surface area contributed by atoms with Crippen molar-refractivity contribution in [1.29, 1.82) is 0 Å². The molecule has 1 aromatic carbocycles. The van der Waals surface area contributed by atoms with Crippen LogP contribution in [-0.4, -0.2) is 0 Å². The number of unbranched alkanes of at least 4 members (excludes halogenated alkanes) is 1. The molecule has 0 aliphatic carbocycles. The molecule has 0 radical (unpaired) electrons. The van der Waals surface area contributed by atoms with Crippen LogP contribution >= 0.6 is 0 Å². The molecule has 0 bridgehead atoms. The summed E-state index contributed by atoms with van der Waals surface area (Å²) < 4.78 is 0. The van der Waals surface area contributed by atoms with E-state index < -0.39 is 0 Å². The first-order valence-corrected chi connectivity index (χ1v) is 4.32. The molecule has 12 heavy (non-hydrogen) atoms. The standard InChI is InChI=1S/C7H8.C4H10.CH4/c1-7-5-3-2-4-6-7;1-3-4-2;/h2-6H,1H3;3-4H2,1-2H3;1H4. The maximum Gasteiger partial charge on any atom is -0.0398 e. The van der Waals surface area contributed by atoms with Crippen LogP contribution in [0.25, 0.3) is 0 Å². The van der Waals surface area contributed by atoms with Crippen LogP contribution < -0.4 is 0 Å². The lowest BCUT2D eigenvalue weighted by atomic mass is 10.2. The third-order valence-corrected chi connectivity index (χ3v) is 1.44. The molecular weight excluding hydrogens is 144 g/mol. The second-order valence-corrected chi connectivity index (χ2v) is 2.65. The highest BCUT2D eigenvalue weighted by Gasteiger charge is 1.72. The first-order chi connectivity index (χ1) is 5.31. The summed E-state index contributed by atoms with van der Waals surface area (Å²) in [5.74, 6) is 0. The van der Waals surface area contributed by atoms with Crippen LogP contribution in [0.2, 0.25) is 0 Å². The molecule has 1 aromatic rings. The first kappa shape index (κ1) is 13.8. The van der Waals surface area contributed by atoms with Gasteiger partial charge in [0.1, 0.15) is 0 Å². The van der Waals surface area contributed by atoms with Crippen molar-refractivity contribution in [3.8, 4) is 0 Å². The van der Waals surface area contributed by atoms with Crippen LogP contribution in [-0.2, 0) is 0 Å². The lowest BCUT2D eigenvalue weighted by molar-refractivity contribution is 0.886. The molecule has 0 saturated heterocycles. The van der Waals surface area contributed by atoms with E-state index in [0.717, 1.165) is 0 Å². The van der Waals surface area contributed by atoms with Crippen molar-refractivity contribution >= 4 is 0 Å². The van der Waals surface area contributed by atoms with E-state index >= 15 is 0 Å². The van der Waals surface area contributed by atoms with Crippen LogP contribution in [0.3, 0.4) is 0 Å². The smallest absolute Gasteiger partial charge is 0.0398 e. The Bertz CT molecular complexity index is 151. The Morgan fingerprint density at radius 2 is 1.33 bits per heavy atom. The van der Waals surface area contributed by atoms with Gasteiger partial charge >= 0.3 is 0 Å². The predicted octanol–water partition coefficient (Wildman–Crippen LogP) is 4.44. The van der Waals surface area contributed by atoms with Gasteiger partial charge in [-0.3, -0.25) is 0 Å². The molecule has 1 rings (SSSR count). The Morgan fingerprint density at radius 3 is 1.50 bits per heavy atom. The molecule has 0 atom stereocenters. The fraction of sp³-hybridized carbons (Fsp3) is 0.500. The van der Waals surface area contributed by atoms with E-state index in [2.05, 4.69) is 32.9 Å². The molecule has 0 aromatic heterocycles. The van der Waals surface area contributed by atoms with Crippen LogP contribution in [0.1, 0.15) is 39.7 Å². The van der Waals surface area contributed by atoms with E-state index in [9.17, 15) is 0 Å². The maximum atomic E-state index is 2.18. The summed E-state index contributed by atoms with van der Waals surface area (Å²) in [4.78, 5) is 0. The molecule has 0 nitrogen and oxygen atoms in total. The van der Waals surface area contributed by atoms with E-state index in [1.54, 1.807) is 0 Å². The second kappa shape index (κ2) is 10.2. The second-order valence-electron chi connectivity index (χ2n) is 2.65. The van der Waals surface area contributed by atoms with Gasteiger partial charge in [-0.25, -0.2) is 0 Å². The van der Waals surface area contributed by atoms with Gasteiger partial charge in [0.15, 0.2) is 0 Å². The van der Waals surface area contributed by atoms with Gasteiger partial charge in [-0.15, -0.1) is 0 Å². The van der Waals surface area contributed by atoms with Crippen LogP contribution in [0, 0.1) is 6.92 Å². The van der Waals surface area contributed by atoms with Crippen molar-refractivity contribution in [2.75, 3.05) is 0 Å². The minimum atomic E-state index is 0. The molecule has 0 amide bonds. The Balaban J connectivity index is 0. The average molecular weight is 166 g/mol. The number of benzene rings is 1. The number of rotatable bonds is 1. The summed E-state index contributed by atoms with van der Waals surface area (Å²) in [6.45, 7) is 6.44. The molecular formula is C12H22. The zero-order valence-electron chi connectivity index (χ0n) is 7.80. The number of hydrogen-bond donors (Lipinski definition) is 0. The summed E-state index contributed by atoms with van der Waals surface area (Å²) in [7, 11) is 0. The fourth-order valence-electron chi connectivity index (χ4n) is 0.534. The molecule has 0 heterocycles. The Labute approximate surface area is 77.6 Å². The summed E-state index contributed by atoms with van der Waals surface area (Å²) in [5, 5.41) is 0. The quantitative estimate of drug-likeness (QED) is 0.578. The molecule has 0 spiro atoms. The zero-order chi connectivity index (χ0) is 8.53. The molecule has 0 unspecified atom stereocenters. The normalized spacial score (nSPS) is 7.58. The maximum absolute atomic E-state index is 2.18. The van der Waals surface area contributed by atoms with E-state index in [-0.39, 0.29) is 7.43 Å². The summed E-state index contributed by atoms with van der Waals surface area (Å²) >= 11 is 0. The highest BCUT2D eigenvalue weighted by molar-refractivity contribution is 5.11. The van der Waals surface area contributed by atoms with E-state index in [1.165, 1.54) is 18.4 Å². The van der Waals surface area contributed by atoms with Gasteiger partial charge in [-0.1, -0.05) is 70.0 Å². The van der Waals surface area contributed by atoms with E-state index in [1.807, 2.05) is 18.2 Å². The lowest BCUT2D eigenvalue weighted by Gasteiger charge is -1.82. The van der Waals surface area contributed by atoms with Crippen LogP contribution in [0.4, 0.5) is 0 Å². The van der Waals surface area contributed by atoms with Crippen molar-refractivity contribution < 1.29 is 0 Å². The van der Waals surface area contributed by atoms with E-state index in [4.69, 9.17) is 0 Å². The van der Waals surface area contributed by atoms with Crippen molar-refractivity contribution in [3.63, 3.8) is 0 Å². The molecule has 0 heteroatoms. The molecule has 70 valence electrons. The minimum absolute atomic E-state index is 0. The molecule has 0 aliphatic rings. The fourth-order valence-corrected chi connectivity index (χ4v) is 0.534. The van der Waals surface area contributed by atoms with Crippen molar-refractivity contribution in [1.82, 2.24) is 0 Å². The highest BCUT2D eigenvalue weighted by Crippen LogP contribution is 1.92.